The quantitative estimate of drug-likeness (QED) is 0.0640. The zero-order valence-electron chi connectivity index (χ0n) is 32.3. The minimum absolute atomic E-state index is 0.0504. The van der Waals surface area contributed by atoms with Crippen molar-refractivity contribution >= 4 is 60.2 Å². The fraction of sp³-hybridized carbons (Fsp3) is 0.938. The van der Waals surface area contributed by atoms with E-state index in [0.29, 0.717) is 35.9 Å². The van der Waals surface area contributed by atoms with E-state index in [-0.39, 0.29) is 52.5 Å². The summed E-state index contributed by atoms with van der Waals surface area (Å²) < 4.78 is 106. The van der Waals surface area contributed by atoms with Crippen molar-refractivity contribution in [2.45, 2.75) is 167 Å². The summed E-state index contributed by atoms with van der Waals surface area (Å²) in [6.07, 6.45) is -12.1. The first-order valence-corrected chi connectivity index (χ1v) is 24.2. The van der Waals surface area contributed by atoms with Gasteiger partial charge in [0.15, 0.2) is 0 Å². The number of nitriles is 2. The molecule has 0 spiro atoms. The Balaban J connectivity index is 0.000000979. The molecule has 2 fully saturated rings. The summed E-state index contributed by atoms with van der Waals surface area (Å²) in [5.41, 5.74) is 0. The third-order valence-corrected chi connectivity index (χ3v) is 18.0. The molecule has 2 saturated heterocycles. The molecule has 0 saturated carbocycles. The molecular formula is C32H58F6N4O4P2S4. The highest BCUT2D eigenvalue weighted by molar-refractivity contribution is 8.77. The van der Waals surface area contributed by atoms with E-state index in [1.165, 1.54) is 0 Å². The number of nitrogens with zero attached hydrogens (tertiary/aromatic N) is 4. The van der Waals surface area contributed by atoms with Gasteiger partial charge >= 0.3 is 12.4 Å². The molecule has 8 nitrogen and oxygen atoms in total. The predicted molar refractivity (Wildman–Crippen MR) is 210 cm³/mol. The van der Waals surface area contributed by atoms with Gasteiger partial charge in [-0.25, -0.2) is 9.34 Å². The van der Waals surface area contributed by atoms with Crippen LogP contribution in [0, 0.1) is 22.7 Å². The zero-order valence-corrected chi connectivity index (χ0v) is 37.4. The Labute approximate surface area is 327 Å². The van der Waals surface area contributed by atoms with E-state index in [4.69, 9.17) is 28.6 Å². The van der Waals surface area contributed by atoms with Crippen molar-refractivity contribution < 1.29 is 44.4 Å². The van der Waals surface area contributed by atoms with Gasteiger partial charge in [0, 0.05) is 40.4 Å². The third-order valence-electron chi connectivity index (χ3n) is 7.22. The maximum atomic E-state index is 13.7. The normalized spacial score (nSPS) is 21.7. The van der Waals surface area contributed by atoms with Crippen LogP contribution in [0.25, 0.3) is 0 Å². The molecule has 4 atom stereocenters. The monoisotopic (exact) mass is 866 g/mol. The van der Waals surface area contributed by atoms with Crippen molar-refractivity contribution in [1.82, 2.24) is 9.34 Å². The zero-order chi connectivity index (χ0) is 40.5. The van der Waals surface area contributed by atoms with E-state index in [1.54, 1.807) is 32.4 Å². The highest BCUT2D eigenvalue weighted by Gasteiger charge is 2.77. The second kappa shape index (κ2) is 25.0. The van der Waals surface area contributed by atoms with E-state index in [1.807, 2.05) is 41.5 Å². The first kappa shape index (κ1) is 52.6. The number of hydrogen-bond donors (Lipinski definition) is 0. The molecule has 0 aromatic carbocycles. The van der Waals surface area contributed by atoms with Gasteiger partial charge in [0.05, 0.1) is 50.4 Å². The van der Waals surface area contributed by atoms with Crippen molar-refractivity contribution in [3.05, 3.63) is 0 Å². The first-order valence-electron chi connectivity index (χ1n) is 17.3. The maximum Gasteiger partial charge on any atom is 0.415 e. The van der Waals surface area contributed by atoms with Gasteiger partial charge in [0.25, 0.3) is 17.1 Å². The number of hydrogen-bond acceptors (Lipinski definition) is 12. The highest BCUT2D eigenvalue weighted by atomic mass is 33.1. The Morgan fingerprint density at radius 1 is 0.673 bits per heavy atom. The summed E-state index contributed by atoms with van der Waals surface area (Å²) in [5.74, 6) is 1.21. The van der Waals surface area contributed by atoms with E-state index in [0.717, 1.165) is 12.2 Å². The van der Waals surface area contributed by atoms with Crippen LogP contribution in [0.5, 0.6) is 0 Å². The average Bonchev–Trinajstić information content (AvgIpc) is 3.02. The summed E-state index contributed by atoms with van der Waals surface area (Å²) in [6, 6.07) is 4.18. The summed E-state index contributed by atoms with van der Waals surface area (Å²) in [7, 11) is 0.750. The molecule has 0 radical (unpaired) electrons. The lowest BCUT2D eigenvalue weighted by molar-refractivity contribution is -0.283. The topological polar surface area (TPSA) is 91.0 Å². The molecule has 0 N–H and O–H groups in total. The summed E-state index contributed by atoms with van der Waals surface area (Å²) >= 11 is 0. The SMILES string of the molecule is CC.CC(C)N(C(C)C)P(OCCC#N)OC1CCSSC1(C(F)(F)F)C(F)(F)F.CC(C)N(C(C)C)P(OCCC#N)OC1CCSSC1(C)C. The molecule has 2 aliphatic heterocycles. The molecular weight excluding hydrogens is 809 g/mol. The number of halogens is 6. The van der Waals surface area contributed by atoms with Crippen LogP contribution < -0.4 is 0 Å². The summed E-state index contributed by atoms with van der Waals surface area (Å²) in [5, 5.41) is 17.4. The van der Waals surface area contributed by atoms with Crippen LogP contribution in [0.2, 0.25) is 0 Å². The van der Waals surface area contributed by atoms with Crippen molar-refractivity contribution in [1.29, 1.82) is 10.5 Å². The van der Waals surface area contributed by atoms with E-state index in [2.05, 4.69) is 52.3 Å². The molecule has 4 unspecified atom stereocenters. The molecule has 0 aromatic heterocycles. The molecule has 0 amide bonds. The van der Waals surface area contributed by atoms with Gasteiger partial charge in [-0.05, 0) is 82.1 Å². The van der Waals surface area contributed by atoms with Gasteiger partial charge in [0.1, 0.15) is 0 Å². The lowest BCUT2D eigenvalue weighted by Crippen LogP contribution is -2.63. The lowest BCUT2D eigenvalue weighted by Gasteiger charge is -2.46. The molecule has 52 heavy (non-hydrogen) atoms. The van der Waals surface area contributed by atoms with Crippen LogP contribution in [-0.2, 0) is 18.1 Å². The number of alkyl halides is 6. The summed E-state index contributed by atoms with van der Waals surface area (Å²) in [6.45, 7) is 24.5. The Kier molecular flexibility index (Phi) is 25.3. The lowest BCUT2D eigenvalue weighted by atomic mass is 9.97. The molecule has 0 aromatic rings. The van der Waals surface area contributed by atoms with Crippen LogP contribution >= 0.6 is 60.2 Å². The minimum atomic E-state index is -5.55. The average molecular weight is 867 g/mol. The Bertz CT molecular complexity index is 1060. The molecule has 2 heterocycles. The molecule has 306 valence electrons. The van der Waals surface area contributed by atoms with Crippen molar-refractivity contribution in [2.75, 3.05) is 24.7 Å². The van der Waals surface area contributed by atoms with Crippen LogP contribution in [-0.4, -0.2) is 92.3 Å². The maximum absolute atomic E-state index is 13.7. The predicted octanol–water partition coefficient (Wildman–Crippen LogP) is 12.5. The smallest absolute Gasteiger partial charge is 0.321 e. The van der Waals surface area contributed by atoms with Crippen LogP contribution in [0.1, 0.15) is 109 Å². The fourth-order valence-electron chi connectivity index (χ4n) is 5.03. The van der Waals surface area contributed by atoms with Crippen molar-refractivity contribution in [2.24, 2.45) is 0 Å². The van der Waals surface area contributed by atoms with E-state index >= 15 is 0 Å². The Hall–Kier alpha value is 0.580. The van der Waals surface area contributed by atoms with Crippen LogP contribution in [0.4, 0.5) is 26.3 Å². The Morgan fingerprint density at radius 3 is 1.35 bits per heavy atom. The van der Waals surface area contributed by atoms with Gasteiger partial charge < -0.3 is 18.1 Å². The van der Waals surface area contributed by atoms with E-state index in [9.17, 15) is 26.3 Å². The largest absolute Gasteiger partial charge is 0.415 e. The Morgan fingerprint density at radius 2 is 1.02 bits per heavy atom. The molecule has 2 rings (SSSR count). The minimum Gasteiger partial charge on any atom is -0.321 e. The van der Waals surface area contributed by atoms with Crippen molar-refractivity contribution in [3.8, 4) is 12.1 Å². The molecule has 2 aliphatic rings. The molecule has 0 aliphatic carbocycles. The van der Waals surface area contributed by atoms with Crippen LogP contribution in [0.3, 0.4) is 0 Å². The number of rotatable bonds is 16. The second-order valence-electron chi connectivity index (χ2n) is 13.0. The van der Waals surface area contributed by atoms with Gasteiger partial charge in [0.2, 0.25) is 4.75 Å². The van der Waals surface area contributed by atoms with Gasteiger partial charge in [-0.3, -0.25) is 0 Å². The first-order chi connectivity index (χ1) is 24.1. The molecule has 20 heteroatoms. The third kappa shape index (κ3) is 15.8. The highest BCUT2D eigenvalue weighted by Crippen LogP contribution is 2.64. The second-order valence-corrected chi connectivity index (χ2v) is 21.5. The van der Waals surface area contributed by atoms with Crippen LogP contribution in [0.15, 0.2) is 0 Å². The standard InChI is InChI=1S/C15H23F6N2O2PS2.C15H29N2O2PS2.C2H6/c1-10(2)23(11(3)4)26(24-8-5-7-22)25-12-6-9-27-28-13(12,14(16,17)18)15(19,20)21;1-12(2)17(13(3)4)20(18-10-7-9-16)19-14-8-11-21-22-15(14,5)6;1-2/h10-12H,5-6,8-9H2,1-4H3;12-14H,7-8,10-11H2,1-6H3;1-2H3. The van der Waals surface area contributed by atoms with E-state index < -0.39 is 46.7 Å². The molecule has 0 bridgehead atoms. The van der Waals surface area contributed by atoms with Gasteiger partial charge in [-0.2, -0.15) is 36.9 Å². The summed E-state index contributed by atoms with van der Waals surface area (Å²) in [4.78, 5) is 0. The van der Waals surface area contributed by atoms with Gasteiger partial charge in [-0.15, -0.1) is 0 Å². The van der Waals surface area contributed by atoms with Gasteiger partial charge in [-0.1, -0.05) is 57.0 Å². The fourth-order valence-corrected chi connectivity index (χ4v) is 14.6. The van der Waals surface area contributed by atoms with Crippen molar-refractivity contribution in [3.63, 3.8) is 0 Å².